The third kappa shape index (κ3) is 2.70. The van der Waals surface area contributed by atoms with Crippen LogP contribution in [-0.2, 0) is 19.8 Å². The Morgan fingerprint density at radius 1 is 1.56 bits per heavy atom. The van der Waals surface area contributed by atoms with Crippen LogP contribution in [-0.4, -0.2) is 55.5 Å². The van der Waals surface area contributed by atoms with Crippen molar-refractivity contribution in [3.05, 3.63) is 0 Å². The maximum absolute atomic E-state index is 11.8. The minimum absolute atomic E-state index is 0.00532. The van der Waals surface area contributed by atoms with Gasteiger partial charge < -0.3 is 5.11 Å². The Hall–Kier alpha value is -0.700. The molecule has 1 heterocycles. The van der Waals surface area contributed by atoms with Crippen LogP contribution in [0.25, 0.3) is 0 Å². The molecule has 1 fully saturated rings. The highest BCUT2D eigenvalue weighted by Gasteiger charge is 2.34. The molecule has 94 valence electrons. The molecule has 1 saturated heterocycles. The van der Waals surface area contributed by atoms with Gasteiger partial charge in [-0.3, -0.25) is 9.63 Å². The van der Waals surface area contributed by atoms with Crippen molar-refractivity contribution in [1.82, 2.24) is 8.77 Å². The number of carboxylic acid groups (broad SMARTS) is 1. The monoisotopic (exact) mass is 252 g/mol. The van der Waals surface area contributed by atoms with Crippen LogP contribution >= 0.6 is 0 Å². The number of hydrogen-bond acceptors (Lipinski definition) is 4. The molecule has 8 heteroatoms. The zero-order valence-electron chi connectivity index (χ0n) is 9.29. The summed E-state index contributed by atoms with van der Waals surface area (Å²) in [7, 11) is -1.17. The molecule has 1 atom stereocenters. The van der Waals surface area contributed by atoms with E-state index in [0.29, 0.717) is 19.4 Å². The first-order valence-electron chi connectivity index (χ1n) is 4.90. The van der Waals surface area contributed by atoms with Crippen LogP contribution < -0.4 is 0 Å². The molecule has 0 aromatic heterocycles. The lowest BCUT2D eigenvalue weighted by Crippen LogP contribution is -2.47. The lowest BCUT2D eigenvalue weighted by atomic mass is 10.0. The van der Waals surface area contributed by atoms with Crippen molar-refractivity contribution in [1.29, 1.82) is 0 Å². The average Bonchev–Trinajstić information content (AvgIpc) is 2.28. The quantitative estimate of drug-likeness (QED) is 0.683. The van der Waals surface area contributed by atoms with Gasteiger partial charge in [-0.2, -0.15) is 12.7 Å². The van der Waals surface area contributed by atoms with Gasteiger partial charge >= 0.3 is 16.2 Å². The summed E-state index contributed by atoms with van der Waals surface area (Å²) in [6.45, 7) is 0.338. The van der Waals surface area contributed by atoms with Crippen LogP contribution in [0.5, 0.6) is 0 Å². The fourth-order valence-corrected chi connectivity index (χ4v) is 2.85. The molecule has 1 aliphatic heterocycles. The van der Waals surface area contributed by atoms with Gasteiger partial charge in [0.05, 0.1) is 13.0 Å². The molecular formula is C8H16N2O5S. The van der Waals surface area contributed by atoms with E-state index in [9.17, 15) is 13.2 Å². The number of rotatable bonds is 4. The van der Waals surface area contributed by atoms with Crippen LogP contribution in [0.1, 0.15) is 12.8 Å². The van der Waals surface area contributed by atoms with Gasteiger partial charge in [-0.05, 0) is 12.8 Å². The molecule has 0 bridgehead atoms. The van der Waals surface area contributed by atoms with Gasteiger partial charge in [0.25, 0.3) is 0 Å². The zero-order chi connectivity index (χ0) is 12.3. The number of hydroxylamine groups is 1. The highest BCUT2D eigenvalue weighted by Crippen LogP contribution is 2.20. The largest absolute Gasteiger partial charge is 0.481 e. The Morgan fingerprint density at radius 2 is 2.19 bits per heavy atom. The van der Waals surface area contributed by atoms with Crippen molar-refractivity contribution in [3.8, 4) is 0 Å². The molecule has 1 unspecified atom stereocenters. The van der Waals surface area contributed by atoms with E-state index < -0.39 is 22.1 Å². The molecule has 16 heavy (non-hydrogen) atoms. The van der Waals surface area contributed by atoms with E-state index >= 15 is 0 Å². The van der Waals surface area contributed by atoms with Gasteiger partial charge in [-0.15, -0.1) is 0 Å². The predicted molar refractivity (Wildman–Crippen MR) is 55.6 cm³/mol. The Balaban J connectivity index is 2.77. The van der Waals surface area contributed by atoms with E-state index in [2.05, 4.69) is 4.84 Å². The van der Waals surface area contributed by atoms with Gasteiger partial charge in [0, 0.05) is 20.1 Å². The summed E-state index contributed by atoms with van der Waals surface area (Å²) in [6, 6.07) is 0. The number of carboxylic acids is 1. The number of aliphatic carboxylic acids is 1. The average molecular weight is 252 g/mol. The summed E-state index contributed by atoms with van der Waals surface area (Å²) >= 11 is 0. The second kappa shape index (κ2) is 5.09. The summed E-state index contributed by atoms with van der Waals surface area (Å²) in [5.41, 5.74) is 0. The maximum Gasteiger partial charge on any atom is 0.307 e. The van der Waals surface area contributed by atoms with Gasteiger partial charge in [0.2, 0.25) is 0 Å². The Kier molecular flexibility index (Phi) is 4.25. The first-order valence-corrected chi connectivity index (χ1v) is 6.30. The Morgan fingerprint density at radius 3 is 2.69 bits per heavy atom. The van der Waals surface area contributed by atoms with E-state index in [1.54, 1.807) is 0 Å². The number of piperidine rings is 1. The normalized spacial score (nSPS) is 23.6. The summed E-state index contributed by atoms with van der Waals surface area (Å²) in [4.78, 5) is 15.4. The molecule has 0 radical (unpaired) electrons. The molecule has 1 N–H and O–H groups in total. The third-order valence-electron chi connectivity index (χ3n) is 2.64. The Bertz CT molecular complexity index is 355. The summed E-state index contributed by atoms with van der Waals surface area (Å²) < 4.78 is 25.5. The fraction of sp³-hybridized carbons (Fsp3) is 0.875. The SMILES string of the molecule is CON(C)S(=O)(=O)N1CCCC(C(=O)O)C1. The standard InChI is InChI=1S/C8H16N2O5S/c1-9(15-2)16(13,14)10-5-3-4-7(6-10)8(11)12/h7H,3-6H2,1-2H3,(H,11,12). The van der Waals surface area contributed by atoms with Crippen LogP contribution in [0.3, 0.4) is 0 Å². The van der Waals surface area contributed by atoms with E-state index in [0.717, 1.165) is 8.77 Å². The highest BCUT2D eigenvalue weighted by atomic mass is 32.2. The third-order valence-corrected chi connectivity index (χ3v) is 4.42. The van der Waals surface area contributed by atoms with Crippen molar-refractivity contribution < 1.29 is 23.2 Å². The van der Waals surface area contributed by atoms with Crippen LogP contribution in [0.15, 0.2) is 0 Å². The molecule has 0 aromatic rings. The molecule has 1 aliphatic rings. The van der Waals surface area contributed by atoms with E-state index in [4.69, 9.17) is 5.11 Å². The van der Waals surface area contributed by atoms with E-state index in [1.807, 2.05) is 0 Å². The number of carbonyl (C=O) groups is 1. The summed E-state index contributed by atoms with van der Waals surface area (Å²) in [6.07, 6.45) is 1.06. The number of hydrogen-bond donors (Lipinski definition) is 1. The number of nitrogens with zero attached hydrogens (tertiary/aromatic N) is 2. The molecule has 1 rings (SSSR count). The van der Waals surface area contributed by atoms with Crippen molar-refractivity contribution in [3.63, 3.8) is 0 Å². The fourth-order valence-electron chi connectivity index (χ4n) is 1.61. The van der Waals surface area contributed by atoms with Gasteiger partial charge in [-0.25, -0.2) is 0 Å². The lowest BCUT2D eigenvalue weighted by Gasteiger charge is -2.31. The van der Waals surface area contributed by atoms with Gasteiger partial charge in [-0.1, -0.05) is 4.47 Å². The summed E-state index contributed by atoms with van der Waals surface area (Å²) in [5.74, 6) is -1.59. The van der Waals surface area contributed by atoms with Crippen molar-refractivity contribution in [2.75, 3.05) is 27.2 Å². The molecule has 0 aromatic carbocycles. The summed E-state index contributed by atoms with van der Waals surface area (Å²) in [5, 5.41) is 8.85. The molecule has 0 aliphatic carbocycles. The van der Waals surface area contributed by atoms with E-state index in [1.165, 1.54) is 14.2 Å². The molecule has 0 amide bonds. The van der Waals surface area contributed by atoms with Crippen molar-refractivity contribution in [2.24, 2.45) is 5.92 Å². The zero-order valence-corrected chi connectivity index (χ0v) is 10.1. The second-order valence-corrected chi connectivity index (χ2v) is 5.56. The smallest absolute Gasteiger partial charge is 0.307 e. The predicted octanol–water partition coefficient (Wildman–Crippen LogP) is -0.479. The molecular weight excluding hydrogens is 236 g/mol. The molecule has 0 saturated carbocycles. The van der Waals surface area contributed by atoms with E-state index in [-0.39, 0.29) is 6.54 Å². The van der Waals surface area contributed by atoms with Crippen LogP contribution in [0.4, 0.5) is 0 Å². The first-order chi connectivity index (χ1) is 7.39. The van der Waals surface area contributed by atoms with Crippen molar-refractivity contribution >= 4 is 16.2 Å². The minimum Gasteiger partial charge on any atom is -0.481 e. The van der Waals surface area contributed by atoms with Gasteiger partial charge in [0.1, 0.15) is 0 Å². The van der Waals surface area contributed by atoms with Crippen LogP contribution in [0, 0.1) is 5.92 Å². The lowest BCUT2D eigenvalue weighted by molar-refractivity contribution is -0.143. The minimum atomic E-state index is -3.70. The van der Waals surface area contributed by atoms with Crippen LogP contribution in [0.2, 0.25) is 0 Å². The topological polar surface area (TPSA) is 87.2 Å². The first kappa shape index (κ1) is 13.4. The maximum atomic E-state index is 11.8. The highest BCUT2D eigenvalue weighted by molar-refractivity contribution is 7.86. The molecule has 7 nitrogen and oxygen atoms in total. The second-order valence-electron chi connectivity index (χ2n) is 3.64. The molecule has 0 spiro atoms. The van der Waals surface area contributed by atoms with Gasteiger partial charge in [0.15, 0.2) is 0 Å². The Labute approximate surface area is 94.7 Å². The van der Waals surface area contributed by atoms with Crippen molar-refractivity contribution in [2.45, 2.75) is 12.8 Å².